The van der Waals surface area contributed by atoms with Crippen LogP contribution in [-0.2, 0) is 38.5 Å². The van der Waals surface area contributed by atoms with E-state index in [1.165, 1.54) is 16.7 Å². The van der Waals surface area contributed by atoms with E-state index >= 15 is 0 Å². The molecule has 0 amide bonds. The number of allylic oxidation sites excluding steroid dienone is 3. The van der Waals surface area contributed by atoms with Gasteiger partial charge < -0.3 is 23.7 Å². The van der Waals surface area contributed by atoms with E-state index in [1.54, 1.807) is 26.0 Å². The number of aryl methyl sites for hydroxylation is 1. The smallest absolute Gasteiger partial charge is 0.340 e. The van der Waals surface area contributed by atoms with Gasteiger partial charge in [0.15, 0.2) is 12.2 Å². The van der Waals surface area contributed by atoms with E-state index in [2.05, 4.69) is 84.9 Å². The molecule has 1 aromatic heterocycles. The summed E-state index contributed by atoms with van der Waals surface area (Å²) in [6.07, 6.45) is 4.90. The van der Waals surface area contributed by atoms with E-state index in [0.29, 0.717) is 52.7 Å². The standard InChI is InChI=1S/C52H54O8/c1-30(2)39-21-17-32-15-18-35(19-16-32)40-22-20-37(36-14-10-13-34(26-36)25-33-11-8-7-9-12-33)27-38(40)28-44(54)57-48-46-43(60-52(5,6)49(48)59-50(39)55)24-23-41-42(29-53)45(31(3)4)51(56)58-47(41)46/h7-16,18-20,22-24,26,31,37-38,40,48-49,53H,17,21,25,27-29H2,1-6H3/t37-,38+,40-,48+,49+/m1/s1. The van der Waals surface area contributed by atoms with E-state index in [9.17, 15) is 19.5 Å². The Morgan fingerprint density at radius 1 is 0.833 bits per heavy atom. The molecule has 8 nitrogen and oxygen atoms in total. The van der Waals surface area contributed by atoms with Crippen LogP contribution < -0.4 is 10.4 Å². The van der Waals surface area contributed by atoms with Gasteiger partial charge in [-0.3, -0.25) is 4.79 Å². The monoisotopic (exact) mass is 806 g/mol. The fourth-order valence-electron chi connectivity index (χ4n) is 9.53. The van der Waals surface area contributed by atoms with Crippen molar-refractivity contribution < 1.29 is 33.3 Å². The van der Waals surface area contributed by atoms with E-state index in [4.69, 9.17) is 18.6 Å². The maximum Gasteiger partial charge on any atom is 0.340 e. The summed E-state index contributed by atoms with van der Waals surface area (Å²) >= 11 is 0. The molecule has 310 valence electrons. The van der Waals surface area contributed by atoms with Crippen molar-refractivity contribution >= 4 is 22.9 Å². The SMILES string of the molecule is CC(C)=C1CCc2ccc(cc2)[C@H]2C=C[C@@H](c3cccc(Cc4ccccc4)c3)C[C@H]2CC(=O)O[C@H]2c3c(ccc4c(CO)c(C(C)C)c(=O)oc34)OC(C)(C)[C@H]2OC1=O. The molecule has 3 aliphatic heterocycles. The number of rotatable bonds is 5. The van der Waals surface area contributed by atoms with Gasteiger partial charge in [0.05, 0.1) is 12.2 Å². The molecule has 9 rings (SSSR count). The lowest BCUT2D eigenvalue weighted by Gasteiger charge is -2.43. The molecule has 4 aliphatic rings. The normalized spacial score (nSPS) is 22.7. The Morgan fingerprint density at radius 2 is 1.58 bits per heavy atom. The molecule has 5 atom stereocenters. The van der Waals surface area contributed by atoms with Gasteiger partial charge in [-0.15, -0.1) is 0 Å². The highest BCUT2D eigenvalue weighted by atomic mass is 16.6. The molecule has 2 bridgehead atoms. The molecular formula is C52H54O8. The fourth-order valence-corrected chi connectivity index (χ4v) is 9.53. The Hall–Kier alpha value is -5.73. The topological polar surface area (TPSA) is 112 Å². The number of fused-ring (bicyclic) bond motifs is 11. The van der Waals surface area contributed by atoms with Crippen LogP contribution in [0.25, 0.3) is 11.0 Å². The van der Waals surface area contributed by atoms with Crippen molar-refractivity contribution in [3.63, 3.8) is 0 Å². The number of benzene rings is 4. The van der Waals surface area contributed by atoms with Gasteiger partial charge in [-0.2, -0.15) is 0 Å². The minimum atomic E-state index is -1.20. The second-order valence-corrected chi connectivity index (χ2v) is 17.7. The summed E-state index contributed by atoms with van der Waals surface area (Å²) < 4.78 is 25.7. The predicted octanol–water partition coefficient (Wildman–Crippen LogP) is 10.5. The highest BCUT2D eigenvalue weighted by molar-refractivity contribution is 5.90. The number of ether oxygens (including phenoxy) is 3. The van der Waals surface area contributed by atoms with Crippen LogP contribution in [0.4, 0.5) is 0 Å². The zero-order valence-corrected chi connectivity index (χ0v) is 35.3. The average Bonchev–Trinajstić information content (AvgIpc) is 3.21. The zero-order chi connectivity index (χ0) is 42.3. The number of esters is 2. The van der Waals surface area contributed by atoms with Gasteiger partial charge in [0.2, 0.25) is 0 Å². The third-order valence-electron chi connectivity index (χ3n) is 12.6. The molecule has 1 aliphatic carbocycles. The molecular weight excluding hydrogens is 753 g/mol. The zero-order valence-electron chi connectivity index (χ0n) is 35.3. The number of hydrogen-bond donors (Lipinski definition) is 1. The first-order valence-electron chi connectivity index (χ1n) is 21.2. The van der Waals surface area contributed by atoms with Gasteiger partial charge in [0, 0.05) is 34.8 Å². The van der Waals surface area contributed by atoms with E-state index in [-0.39, 0.29) is 35.7 Å². The molecule has 0 saturated heterocycles. The number of hydrogen-bond acceptors (Lipinski definition) is 8. The van der Waals surface area contributed by atoms with E-state index < -0.39 is 42.0 Å². The lowest BCUT2D eigenvalue weighted by atomic mass is 9.72. The molecule has 4 aromatic carbocycles. The molecule has 8 heteroatoms. The van der Waals surface area contributed by atoms with Crippen molar-refractivity contribution in [1.29, 1.82) is 0 Å². The van der Waals surface area contributed by atoms with Crippen LogP contribution in [0.5, 0.6) is 5.75 Å². The van der Waals surface area contributed by atoms with Crippen molar-refractivity contribution in [2.45, 2.75) is 116 Å². The Bertz CT molecular complexity index is 2540. The second kappa shape index (κ2) is 16.7. The summed E-state index contributed by atoms with van der Waals surface area (Å²) in [7, 11) is 0. The highest BCUT2D eigenvalue weighted by Crippen LogP contribution is 2.49. The van der Waals surface area contributed by atoms with Gasteiger partial charge >= 0.3 is 17.6 Å². The van der Waals surface area contributed by atoms with Crippen LogP contribution in [0, 0.1) is 5.92 Å². The first-order chi connectivity index (χ1) is 28.8. The van der Waals surface area contributed by atoms with Crippen molar-refractivity contribution in [2.24, 2.45) is 5.92 Å². The molecule has 1 N–H and O–H groups in total. The average molecular weight is 807 g/mol. The van der Waals surface area contributed by atoms with Crippen molar-refractivity contribution in [2.75, 3.05) is 0 Å². The molecule has 5 aromatic rings. The Balaban J connectivity index is 1.22. The summed E-state index contributed by atoms with van der Waals surface area (Å²) in [5.74, 6) is -0.994. The minimum absolute atomic E-state index is 0.0518. The summed E-state index contributed by atoms with van der Waals surface area (Å²) in [6, 6.07) is 31.2. The quantitative estimate of drug-likeness (QED) is 0.0809. The Labute approximate surface area is 351 Å². The number of aliphatic hydroxyl groups excluding tert-OH is 1. The molecule has 0 spiro atoms. The molecule has 0 fully saturated rings. The molecule has 0 unspecified atom stereocenters. The third kappa shape index (κ3) is 8.10. The van der Waals surface area contributed by atoms with Crippen LogP contribution in [-0.4, -0.2) is 28.8 Å². The minimum Gasteiger partial charge on any atom is -0.483 e. The first-order valence-corrected chi connectivity index (χ1v) is 21.2. The molecule has 60 heavy (non-hydrogen) atoms. The fraction of sp³-hybridized carbons (Fsp3) is 0.365. The summed E-state index contributed by atoms with van der Waals surface area (Å²) in [5.41, 5.74) is 6.69. The Kier molecular flexibility index (Phi) is 11.4. The van der Waals surface area contributed by atoms with Gasteiger partial charge in [-0.05, 0) is 111 Å². The molecule has 4 heterocycles. The number of aliphatic hydroxyl groups is 1. The van der Waals surface area contributed by atoms with Crippen LogP contribution >= 0.6 is 0 Å². The summed E-state index contributed by atoms with van der Waals surface area (Å²) in [4.78, 5) is 42.6. The molecule has 0 saturated carbocycles. The van der Waals surface area contributed by atoms with Gasteiger partial charge in [-0.1, -0.05) is 110 Å². The van der Waals surface area contributed by atoms with Crippen molar-refractivity contribution in [3.05, 3.63) is 169 Å². The van der Waals surface area contributed by atoms with Crippen LogP contribution in [0.15, 0.2) is 124 Å². The van der Waals surface area contributed by atoms with Crippen LogP contribution in [0.3, 0.4) is 0 Å². The maximum atomic E-state index is 14.7. The van der Waals surface area contributed by atoms with Gasteiger partial charge in [0.1, 0.15) is 16.9 Å². The highest BCUT2D eigenvalue weighted by Gasteiger charge is 2.51. The number of carbonyl (C=O) groups excluding carboxylic acids is 2. The first kappa shape index (κ1) is 41.0. The maximum absolute atomic E-state index is 14.7. The van der Waals surface area contributed by atoms with Crippen LogP contribution in [0.2, 0.25) is 0 Å². The summed E-state index contributed by atoms with van der Waals surface area (Å²) in [6.45, 7) is 10.7. The lowest BCUT2D eigenvalue weighted by molar-refractivity contribution is -0.188. The number of carbonyl (C=O) groups is 2. The van der Waals surface area contributed by atoms with Gasteiger partial charge in [-0.25, -0.2) is 9.59 Å². The Morgan fingerprint density at radius 3 is 2.30 bits per heavy atom. The second-order valence-electron chi connectivity index (χ2n) is 17.7. The van der Waals surface area contributed by atoms with Crippen molar-refractivity contribution in [3.8, 4) is 5.75 Å². The van der Waals surface area contributed by atoms with E-state index in [0.717, 1.165) is 23.1 Å². The third-order valence-corrected chi connectivity index (χ3v) is 12.6. The van der Waals surface area contributed by atoms with Gasteiger partial charge in [0.25, 0.3) is 0 Å². The predicted molar refractivity (Wildman–Crippen MR) is 232 cm³/mol. The van der Waals surface area contributed by atoms with Crippen LogP contribution in [0.1, 0.15) is 129 Å². The van der Waals surface area contributed by atoms with E-state index in [1.807, 2.05) is 33.8 Å². The molecule has 0 radical (unpaired) electrons. The summed E-state index contributed by atoms with van der Waals surface area (Å²) in [5, 5.41) is 11.1. The van der Waals surface area contributed by atoms with Crippen molar-refractivity contribution in [1.82, 2.24) is 0 Å². The largest absolute Gasteiger partial charge is 0.483 e. The lowest BCUT2D eigenvalue weighted by Crippen LogP contribution is -2.52.